The summed E-state index contributed by atoms with van der Waals surface area (Å²) < 4.78 is 32.8. The Morgan fingerprint density at radius 1 is 1.16 bits per heavy atom. The topological polar surface area (TPSA) is 195 Å². The van der Waals surface area contributed by atoms with Gasteiger partial charge < -0.3 is 15.8 Å². The number of urea groups is 1. The zero-order chi connectivity index (χ0) is 23.2. The van der Waals surface area contributed by atoms with Crippen LogP contribution in [-0.2, 0) is 14.8 Å². The Morgan fingerprint density at radius 2 is 1.84 bits per heavy atom. The Hall–Kier alpha value is -4.07. The monoisotopic (exact) mass is 452 g/mol. The van der Waals surface area contributed by atoms with Gasteiger partial charge in [-0.15, -0.1) is 0 Å². The lowest BCUT2D eigenvalue weighted by molar-refractivity contribution is -0.384. The van der Waals surface area contributed by atoms with Crippen LogP contribution in [0.15, 0.2) is 47.4 Å². The fourth-order valence-electron chi connectivity index (χ4n) is 2.38. The van der Waals surface area contributed by atoms with Gasteiger partial charge in [-0.1, -0.05) is 12.1 Å². The maximum absolute atomic E-state index is 12.7. The highest BCUT2D eigenvalue weighted by molar-refractivity contribution is 7.92. The van der Waals surface area contributed by atoms with Crippen LogP contribution in [0.2, 0.25) is 0 Å². The van der Waals surface area contributed by atoms with Crippen LogP contribution < -0.4 is 31.4 Å². The molecule has 13 nitrogen and oxygen atoms in total. The first-order valence-electron chi connectivity index (χ1n) is 8.61. The Morgan fingerprint density at radius 3 is 2.45 bits per heavy atom. The van der Waals surface area contributed by atoms with E-state index < -0.39 is 38.6 Å². The van der Waals surface area contributed by atoms with Crippen LogP contribution in [0.4, 0.5) is 21.9 Å². The Bertz CT molecular complexity index is 1110. The molecule has 6 N–H and O–H groups in total. The fraction of sp³-hybridized carbons (Fsp3) is 0.176. The summed E-state index contributed by atoms with van der Waals surface area (Å²) >= 11 is 0. The van der Waals surface area contributed by atoms with Crippen LogP contribution in [0.5, 0.6) is 5.75 Å². The number of anilines is 2. The van der Waals surface area contributed by atoms with Gasteiger partial charge in [0.05, 0.1) is 22.6 Å². The van der Waals surface area contributed by atoms with E-state index in [0.29, 0.717) is 0 Å². The van der Waals surface area contributed by atoms with E-state index in [1.165, 1.54) is 20.1 Å². The summed E-state index contributed by atoms with van der Waals surface area (Å²) in [6.07, 6.45) is 0. The smallest absolute Gasteiger partial charge is 0.312 e. The number of para-hydroxylation sites is 2. The number of nitro benzene ring substituents is 1. The van der Waals surface area contributed by atoms with Crippen molar-refractivity contribution in [1.82, 2.24) is 10.7 Å². The molecule has 0 aromatic heterocycles. The van der Waals surface area contributed by atoms with Crippen LogP contribution in [0.25, 0.3) is 0 Å². The largest absolute Gasteiger partial charge is 0.495 e. The van der Waals surface area contributed by atoms with Gasteiger partial charge in [0.15, 0.2) is 0 Å². The number of carbonyl (C=O) groups is 2. The van der Waals surface area contributed by atoms with Gasteiger partial charge in [0, 0.05) is 6.07 Å². The number of nitrogens with one attached hydrogen (secondary N) is 4. The molecular weight excluding hydrogens is 432 g/mol. The van der Waals surface area contributed by atoms with E-state index in [1.54, 1.807) is 18.2 Å². The average molecular weight is 452 g/mol. The van der Waals surface area contributed by atoms with Crippen molar-refractivity contribution in [2.75, 3.05) is 17.3 Å². The summed E-state index contributed by atoms with van der Waals surface area (Å²) in [5, 5.41) is 13.6. The number of sulfonamides is 1. The van der Waals surface area contributed by atoms with Gasteiger partial charge >= 0.3 is 6.03 Å². The molecule has 3 amide bonds. The Labute approximate surface area is 177 Å². The lowest BCUT2D eigenvalue weighted by atomic mass is 10.3. The van der Waals surface area contributed by atoms with E-state index in [0.717, 1.165) is 18.2 Å². The van der Waals surface area contributed by atoms with Crippen molar-refractivity contribution in [3.8, 4) is 5.75 Å². The number of nitrogens with zero attached hydrogens (tertiary/aromatic N) is 1. The minimum atomic E-state index is -4.19. The first kappa shape index (κ1) is 23.2. The number of carbonyl (C=O) groups excluding carboxylic acids is 2. The third-order valence-electron chi connectivity index (χ3n) is 3.90. The molecule has 0 aliphatic carbocycles. The molecule has 0 fully saturated rings. The Kier molecular flexibility index (Phi) is 7.20. The minimum absolute atomic E-state index is 0.151. The predicted octanol–water partition coefficient (Wildman–Crippen LogP) is 0.904. The molecular formula is C17H20N6O7S. The number of amides is 3. The van der Waals surface area contributed by atoms with Crippen LogP contribution in [0.1, 0.15) is 6.92 Å². The highest BCUT2D eigenvalue weighted by atomic mass is 32.2. The van der Waals surface area contributed by atoms with Crippen LogP contribution in [-0.4, -0.2) is 38.4 Å². The van der Waals surface area contributed by atoms with Crippen molar-refractivity contribution < 1.29 is 27.7 Å². The summed E-state index contributed by atoms with van der Waals surface area (Å²) in [5.41, 5.74) is 8.78. The van der Waals surface area contributed by atoms with Crippen molar-refractivity contribution in [2.24, 2.45) is 5.73 Å². The molecule has 0 saturated carbocycles. The number of benzene rings is 2. The number of methoxy groups -OCH3 is 1. The van der Waals surface area contributed by atoms with Crippen molar-refractivity contribution in [2.45, 2.75) is 17.9 Å². The zero-order valence-corrected chi connectivity index (χ0v) is 17.2. The number of nitro groups is 1. The molecule has 0 bridgehead atoms. The number of ether oxygens (including phenoxy) is 1. The maximum Gasteiger partial charge on any atom is 0.312 e. The molecule has 166 valence electrons. The summed E-state index contributed by atoms with van der Waals surface area (Å²) in [6.45, 7) is 1.34. The molecule has 31 heavy (non-hydrogen) atoms. The molecule has 0 heterocycles. The Balaban J connectivity index is 2.26. The molecule has 0 spiro atoms. The van der Waals surface area contributed by atoms with Gasteiger partial charge in [-0.05, 0) is 31.2 Å². The van der Waals surface area contributed by atoms with E-state index in [1.807, 2.05) is 0 Å². The van der Waals surface area contributed by atoms with E-state index in [4.69, 9.17) is 10.5 Å². The number of hydrogen-bond acceptors (Lipinski definition) is 8. The van der Waals surface area contributed by atoms with E-state index in [-0.39, 0.29) is 22.0 Å². The SMILES string of the molecule is COc1ccccc1NS(=O)(=O)c1ccc(NNC(=O)[C@H](C)NC(N)=O)c([N+](=O)[O-])c1. The van der Waals surface area contributed by atoms with Crippen molar-refractivity contribution >= 4 is 39.0 Å². The molecule has 0 radical (unpaired) electrons. The van der Waals surface area contributed by atoms with Gasteiger partial charge in [0.1, 0.15) is 17.5 Å². The first-order chi connectivity index (χ1) is 14.5. The molecule has 1 atom stereocenters. The quantitative estimate of drug-likeness (QED) is 0.273. The highest BCUT2D eigenvalue weighted by Gasteiger charge is 2.23. The van der Waals surface area contributed by atoms with Gasteiger partial charge in [-0.3, -0.25) is 30.5 Å². The number of hydrazine groups is 1. The van der Waals surface area contributed by atoms with E-state index in [9.17, 15) is 28.1 Å². The average Bonchev–Trinajstić information content (AvgIpc) is 2.71. The number of primary amides is 1. The highest BCUT2D eigenvalue weighted by Crippen LogP contribution is 2.30. The van der Waals surface area contributed by atoms with Crippen LogP contribution in [0, 0.1) is 10.1 Å². The number of rotatable bonds is 9. The normalized spacial score (nSPS) is 11.7. The standard InChI is InChI=1S/C17H20N6O7S/c1-10(19-17(18)25)16(24)21-20-12-8-7-11(9-14(12)23(26)27)31(28,29)22-13-5-3-4-6-15(13)30-2/h3-10,20,22H,1-2H3,(H,21,24)(H3,18,19,25)/t10-/m0/s1. The second-order valence-corrected chi connectivity index (χ2v) is 7.77. The van der Waals surface area contributed by atoms with E-state index >= 15 is 0 Å². The molecule has 2 aromatic rings. The van der Waals surface area contributed by atoms with Gasteiger partial charge in [0.25, 0.3) is 21.6 Å². The predicted molar refractivity (Wildman–Crippen MR) is 111 cm³/mol. The third kappa shape index (κ3) is 5.96. The number of hydrogen-bond donors (Lipinski definition) is 5. The fourth-order valence-corrected chi connectivity index (χ4v) is 3.47. The van der Waals surface area contributed by atoms with Crippen molar-refractivity contribution in [3.63, 3.8) is 0 Å². The molecule has 0 aliphatic rings. The van der Waals surface area contributed by atoms with Crippen LogP contribution >= 0.6 is 0 Å². The first-order valence-corrected chi connectivity index (χ1v) is 10.1. The maximum atomic E-state index is 12.7. The summed E-state index contributed by atoms with van der Waals surface area (Å²) in [5.74, 6) is -0.470. The second-order valence-electron chi connectivity index (χ2n) is 6.09. The van der Waals surface area contributed by atoms with Gasteiger partial charge in [-0.2, -0.15) is 0 Å². The molecule has 2 rings (SSSR count). The summed E-state index contributed by atoms with van der Waals surface area (Å²) in [4.78, 5) is 32.9. The molecule has 0 aliphatic heterocycles. The molecule has 2 aromatic carbocycles. The molecule has 0 saturated heterocycles. The summed E-state index contributed by atoms with van der Waals surface area (Å²) in [7, 11) is -2.82. The van der Waals surface area contributed by atoms with Crippen molar-refractivity contribution in [1.29, 1.82) is 0 Å². The van der Waals surface area contributed by atoms with Crippen LogP contribution in [0.3, 0.4) is 0 Å². The summed E-state index contributed by atoms with van der Waals surface area (Å²) in [6, 6.07) is 7.37. The second kappa shape index (κ2) is 9.62. The van der Waals surface area contributed by atoms with Crippen molar-refractivity contribution in [3.05, 3.63) is 52.6 Å². The van der Waals surface area contributed by atoms with Gasteiger partial charge in [0.2, 0.25) is 0 Å². The third-order valence-corrected chi connectivity index (χ3v) is 5.26. The molecule has 0 unspecified atom stereocenters. The zero-order valence-electron chi connectivity index (χ0n) is 16.4. The molecule has 14 heteroatoms. The van der Waals surface area contributed by atoms with E-state index in [2.05, 4.69) is 20.9 Å². The number of nitrogens with two attached hydrogens (primary N) is 1. The lowest BCUT2D eigenvalue weighted by Crippen LogP contribution is -2.48. The lowest BCUT2D eigenvalue weighted by Gasteiger charge is -2.15. The minimum Gasteiger partial charge on any atom is -0.495 e. The van der Waals surface area contributed by atoms with Gasteiger partial charge in [-0.25, -0.2) is 13.2 Å².